The average molecular weight is 308 g/mol. The van der Waals surface area contributed by atoms with Gasteiger partial charge in [0.1, 0.15) is 5.82 Å². The van der Waals surface area contributed by atoms with Crippen LogP contribution in [0, 0.1) is 13.8 Å². The first-order valence-corrected chi connectivity index (χ1v) is 8.36. The largest absolute Gasteiger partial charge is 0.370 e. The molecular formula is C19H24N4. The summed E-state index contributed by atoms with van der Waals surface area (Å²) in [6.45, 7) is 7.36. The highest BCUT2D eigenvalue weighted by atomic mass is 15.3. The molecule has 0 spiro atoms. The van der Waals surface area contributed by atoms with Gasteiger partial charge in [-0.25, -0.2) is 4.98 Å². The van der Waals surface area contributed by atoms with Gasteiger partial charge >= 0.3 is 0 Å². The van der Waals surface area contributed by atoms with Gasteiger partial charge in [0.05, 0.1) is 6.20 Å². The monoisotopic (exact) mass is 308 g/mol. The second-order valence-corrected chi connectivity index (χ2v) is 5.96. The van der Waals surface area contributed by atoms with Gasteiger partial charge in [-0.3, -0.25) is 0 Å². The SMILES string of the molecule is CCCCCNc1c(C)c(C)nc2c(-c3ccccc3)cnn12. The maximum atomic E-state index is 4.78. The zero-order chi connectivity index (χ0) is 16.2. The van der Waals surface area contributed by atoms with Crippen LogP contribution in [0.4, 0.5) is 5.82 Å². The molecule has 3 rings (SSSR count). The van der Waals surface area contributed by atoms with Crippen molar-refractivity contribution in [1.82, 2.24) is 14.6 Å². The molecule has 0 unspecified atom stereocenters. The molecule has 0 aliphatic carbocycles. The Morgan fingerprint density at radius 3 is 2.61 bits per heavy atom. The molecule has 120 valence electrons. The Morgan fingerprint density at radius 1 is 1.09 bits per heavy atom. The summed E-state index contributed by atoms with van der Waals surface area (Å²) in [5, 5.41) is 8.14. The number of fused-ring (bicyclic) bond motifs is 1. The fourth-order valence-corrected chi connectivity index (χ4v) is 2.80. The lowest BCUT2D eigenvalue weighted by molar-refractivity contribution is 0.738. The molecule has 0 aliphatic heterocycles. The number of aromatic nitrogens is 3. The normalized spacial score (nSPS) is 11.1. The molecule has 2 heterocycles. The van der Waals surface area contributed by atoms with Gasteiger partial charge in [-0.1, -0.05) is 50.1 Å². The number of hydrogen-bond acceptors (Lipinski definition) is 3. The van der Waals surface area contributed by atoms with Crippen molar-refractivity contribution in [1.29, 1.82) is 0 Å². The highest BCUT2D eigenvalue weighted by Crippen LogP contribution is 2.27. The first kappa shape index (κ1) is 15.5. The van der Waals surface area contributed by atoms with Crippen molar-refractivity contribution >= 4 is 11.5 Å². The van der Waals surface area contributed by atoms with Gasteiger partial charge in [-0.05, 0) is 25.8 Å². The van der Waals surface area contributed by atoms with E-state index in [0.29, 0.717) is 0 Å². The molecule has 2 aromatic heterocycles. The number of nitrogens with one attached hydrogen (secondary N) is 1. The van der Waals surface area contributed by atoms with Crippen molar-refractivity contribution in [2.24, 2.45) is 0 Å². The number of nitrogens with zero attached hydrogens (tertiary/aromatic N) is 3. The Bertz CT molecular complexity index is 790. The Kier molecular flexibility index (Phi) is 4.60. The van der Waals surface area contributed by atoms with Crippen LogP contribution in [0.25, 0.3) is 16.8 Å². The van der Waals surface area contributed by atoms with Crippen molar-refractivity contribution in [2.75, 3.05) is 11.9 Å². The minimum atomic E-state index is 0.914. The highest BCUT2D eigenvalue weighted by molar-refractivity contribution is 5.78. The van der Waals surface area contributed by atoms with Crippen LogP contribution < -0.4 is 5.32 Å². The van der Waals surface area contributed by atoms with E-state index in [-0.39, 0.29) is 0 Å². The topological polar surface area (TPSA) is 42.2 Å². The average Bonchev–Trinajstić information content (AvgIpc) is 2.98. The highest BCUT2D eigenvalue weighted by Gasteiger charge is 2.14. The van der Waals surface area contributed by atoms with E-state index in [9.17, 15) is 0 Å². The zero-order valence-electron chi connectivity index (χ0n) is 14.1. The number of benzene rings is 1. The molecule has 0 saturated carbocycles. The van der Waals surface area contributed by atoms with Gasteiger partial charge in [-0.2, -0.15) is 9.61 Å². The van der Waals surface area contributed by atoms with E-state index in [2.05, 4.69) is 43.3 Å². The number of unbranched alkanes of at least 4 members (excludes halogenated alkanes) is 2. The van der Waals surface area contributed by atoms with Crippen LogP contribution in [0.15, 0.2) is 36.5 Å². The molecule has 0 saturated heterocycles. The Morgan fingerprint density at radius 2 is 1.87 bits per heavy atom. The van der Waals surface area contributed by atoms with Crippen molar-refractivity contribution in [3.05, 3.63) is 47.8 Å². The molecule has 0 atom stereocenters. The molecule has 23 heavy (non-hydrogen) atoms. The summed E-state index contributed by atoms with van der Waals surface area (Å²) >= 11 is 0. The van der Waals surface area contributed by atoms with Crippen molar-refractivity contribution in [3.8, 4) is 11.1 Å². The standard InChI is InChI=1S/C19H24N4/c1-4-5-9-12-20-18-14(2)15(3)22-19-17(13-21-23(18)19)16-10-7-6-8-11-16/h6-8,10-11,13,20H,4-5,9,12H2,1-3H3. The van der Waals surface area contributed by atoms with E-state index in [0.717, 1.165) is 40.4 Å². The number of anilines is 1. The zero-order valence-corrected chi connectivity index (χ0v) is 14.1. The Hall–Kier alpha value is -2.36. The van der Waals surface area contributed by atoms with E-state index >= 15 is 0 Å². The smallest absolute Gasteiger partial charge is 0.165 e. The Labute approximate surface area is 137 Å². The van der Waals surface area contributed by atoms with Gasteiger partial charge in [0.2, 0.25) is 0 Å². The summed E-state index contributed by atoms with van der Waals surface area (Å²) in [6, 6.07) is 10.3. The van der Waals surface area contributed by atoms with Crippen LogP contribution in [0.2, 0.25) is 0 Å². The van der Waals surface area contributed by atoms with Gasteiger partial charge in [-0.15, -0.1) is 0 Å². The van der Waals surface area contributed by atoms with Crippen molar-refractivity contribution in [2.45, 2.75) is 40.0 Å². The molecule has 0 radical (unpaired) electrons. The van der Waals surface area contributed by atoms with E-state index in [1.54, 1.807) is 0 Å². The summed E-state index contributed by atoms with van der Waals surface area (Å²) in [6.07, 6.45) is 5.55. The van der Waals surface area contributed by atoms with Gasteiger partial charge in [0, 0.05) is 23.4 Å². The number of hydrogen-bond donors (Lipinski definition) is 1. The van der Waals surface area contributed by atoms with Crippen LogP contribution in [0.1, 0.15) is 37.4 Å². The first-order valence-electron chi connectivity index (χ1n) is 8.36. The lowest BCUT2D eigenvalue weighted by Crippen LogP contribution is -2.10. The lowest BCUT2D eigenvalue weighted by atomic mass is 10.1. The van der Waals surface area contributed by atoms with E-state index in [1.165, 1.54) is 19.3 Å². The van der Waals surface area contributed by atoms with Crippen LogP contribution in [0.5, 0.6) is 0 Å². The summed E-state index contributed by atoms with van der Waals surface area (Å²) in [5.74, 6) is 1.06. The lowest BCUT2D eigenvalue weighted by Gasteiger charge is -2.13. The van der Waals surface area contributed by atoms with Gasteiger partial charge in [0.25, 0.3) is 0 Å². The molecule has 4 heteroatoms. The van der Waals surface area contributed by atoms with Crippen LogP contribution in [0.3, 0.4) is 0 Å². The minimum absolute atomic E-state index is 0.914. The number of aryl methyl sites for hydroxylation is 1. The maximum absolute atomic E-state index is 4.78. The van der Waals surface area contributed by atoms with Crippen LogP contribution in [-0.4, -0.2) is 21.1 Å². The molecule has 0 fully saturated rings. The minimum Gasteiger partial charge on any atom is -0.370 e. The van der Waals surface area contributed by atoms with E-state index in [4.69, 9.17) is 4.98 Å². The van der Waals surface area contributed by atoms with Crippen molar-refractivity contribution in [3.63, 3.8) is 0 Å². The molecular weight excluding hydrogens is 284 g/mol. The third-order valence-corrected chi connectivity index (χ3v) is 4.28. The van der Waals surface area contributed by atoms with E-state index in [1.807, 2.05) is 28.9 Å². The maximum Gasteiger partial charge on any atom is 0.165 e. The fraction of sp³-hybridized carbons (Fsp3) is 0.368. The molecule has 0 aliphatic rings. The van der Waals surface area contributed by atoms with Gasteiger partial charge in [0.15, 0.2) is 5.65 Å². The molecule has 0 bridgehead atoms. The Balaban J connectivity index is 2.03. The van der Waals surface area contributed by atoms with Gasteiger partial charge < -0.3 is 5.32 Å². The fourth-order valence-electron chi connectivity index (χ4n) is 2.80. The summed E-state index contributed by atoms with van der Waals surface area (Å²) in [7, 11) is 0. The molecule has 3 aromatic rings. The molecule has 1 aromatic carbocycles. The molecule has 0 amide bonds. The molecule has 1 N–H and O–H groups in total. The van der Waals surface area contributed by atoms with E-state index < -0.39 is 0 Å². The summed E-state index contributed by atoms with van der Waals surface area (Å²) in [4.78, 5) is 4.78. The predicted molar refractivity (Wildman–Crippen MR) is 95.9 cm³/mol. The predicted octanol–water partition coefficient (Wildman–Crippen LogP) is 4.62. The quantitative estimate of drug-likeness (QED) is 0.676. The van der Waals surface area contributed by atoms with Crippen LogP contribution in [-0.2, 0) is 0 Å². The molecule has 4 nitrogen and oxygen atoms in total. The summed E-state index contributed by atoms with van der Waals surface area (Å²) < 4.78 is 1.94. The van der Waals surface area contributed by atoms with Crippen LogP contribution >= 0.6 is 0 Å². The number of rotatable bonds is 6. The third-order valence-electron chi connectivity index (χ3n) is 4.28. The van der Waals surface area contributed by atoms with Crippen molar-refractivity contribution < 1.29 is 0 Å². The second kappa shape index (κ2) is 6.82. The third kappa shape index (κ3) is 3.07. The summed E-state index contributed by atoms with van der Waals surface area (Å²) in [5.41, 5.74) is 5.35. The second-order valence-electron chi connectivity index (χ2n) is 5.96. The first-order chi connectivity index (χ1) is 11.2.